The Morgan fingerprint density at radius 1 is 0.909 bits per heavy atom. The lowest BCUT2D eigenvalue weighted by molar-refractivity contribution is -0.175. The molecule has 242 valence electrons. The highest BCUT2D eigenvalue weighted by atomic mass is 35.5. The normalized spacial score (nSPS) is 13.9. The van der Waals surface area contributed by atoms with Crippen molar-refractivity contribution in [1.82, 2.24) is 16.0 Å². The van der Waals surface area contributed by atoms with Gasteiger partial charge in [-0.1, -0.05) is 49.7 Å². The minimum atomic E-state index is -5.26. The molecule has 3 unspecified atom stereocenters. The van der Waals surface area contributed by atoms with Crippen molar-refractivity contribution in [3.8, 4) is 5.75 Å². The van der Waals surface area contributed by atoms with E-state index in [1.165, 1.54) is 57.4 Å². The number of ketones is 1. The number of methoxy groups -OCH3 is 1. The first-order valence-electron chi connectivity index (χ1n) is 13.5. The van der Waals surface area contributed by atoms with E-state index in [2.05, 4.69) is 5.32 Å². The van der Waals surface area contributed by atoms with Gasteiger partial charge in [0.05, 0.1) is 13.2 Å². The molecular formula is C29H34ClF5N4O5. The lowest BCUT2D eigenvalue weighted by atomic mass is 9.97. The third-order valence-corrected chi connectivity index (χ3v) is 6.80. The molecule has 3 atom stereocenters. The predicted octanol–water partition coefficient (Wildman–Crippen LogP) is 4.18. The van der Waals surface area contributed by atoms with Gasteiger partial charge in [0.25, 0.3) is 11.7 Å². The molecule has 0 radical (unpaired) electrons. The Labute approximate surface area is 256 Å². The maximum absolute atomic E-state index is 15.0. The van der Waals surface area contributed by atoms with Crippen LogP contribution in [0.3, 0.4) is 0 Å². The molecule has 5 N–H and O–H groups in total. The van der Waals surface area contributed by atoms with Crippen LogP contribution in [0.5, 0.6) is 5.75 Å². The highest BCUT2D eigenvalue weighted by Crippen LogP contribution is 2.30. The number of hydrogen-bond acceptors (Lipinski definition) is 6. The van der Waals surface area contributed by atoms with Gasteiger partial charge in [0.15, 0.2) is 0 Å². The first kappa shape index (κ1) is 36.4. The Morgan fingerprint density at radius 2 is 1.55 bits per heavy atom. The Balaban J connectivity index is 2.42. The number of ether oxygens (including phenoxy) is 1. The van der Waals surface area contributed by atoms with Crippen LogP contribution < -0.4 is 26.4 Å². The highest BCUT2D eigenvalue weighted by Gasteiger charge is 2.46. The molecule has 0 heterocycles. The highest BCUT2D eigenvalue weighted by molar-refractivity contribution is 6.30. The molecule has 2 aromatic carbocycles. The van der Waals surface area contributed by atoms with Gasteiger partial charge < -0.3 is 26.4 Å². The number of rotatable bonds is 15. The number of Topliss-reactive ketones (excluding diaryl/α,β-unsaturated/α-hetero) is 1. The molecule has 0 fully saturated rings. The lowest BCUT2D eigenvalue weighted by Crippen LogP contribution is -2.55. The summed E-state index contributed by atoms with van der Waals surface area (Å²) >= 11 is 5.79. The van der Waals surface area contributed by atoms with E-state index in [0.717, 1.165) is 12.1 Å². The van der Waals surface area contributed by atoms with Gasteiger partial charge in [-0.15, -0.1) is 0 Å². The van der Waals surface area contributed by atoms with E-state index in [1.807, 2.05) is 10.6 Å². The number of nitrogens with two attached hydrogens (primary N) is 1. The molecule has 0 aliphatic rings. The van der Waals surface area contributed by atoms with Crippen molar-refractivity contribution in [3.05, 3.63) is 64.7 Å². The van der Waals surface area contributed by atoms with Gasteiger partial charge in [0.1, 0.15) is 17.8 Å². The topological polar surface area (TPSA) is 140 Å². The van der Waals surface area contributed by atoms with Crippen LogP contribution in [-0.2, 0) is 25.1 Å². The van der Waals surface area contributed by atoms with Crippen LogP contribution in [0.4, 0.5) is 22.0 Å². The van der Waals surface area contributed by atoms with Crippen LogP contribution in [0.15, 0.2) is 48.5 Å². The van der Waals surface area contributed by atoms with E-state index in [1.54, 1.807) is 0 Å². The van der Waals surface area contributed by atoms with Crippen molar-refractivity contribution in [3.63, 3.8) is 0 Å². The van der Waals surface area contributed by atoms with Crippen LogP contribution in [0, 0.1) is 5.92 Å². The van der Waals surface area contributed by atoms with Gasteiger partial charge in [-0.05, 0) is 61.6 Å². The third kappa shape index (κ3) is 9.88. The van der Waals surface area contributed by atoms with E-state index < -0.39 is 65.2 Å². The minimum Gasteiger partial charge on any atom is -0.497 e. The number of carbonyl (C=O) groups excluding carboxylic acids is 4. The lowest BCUT2D eigenvalue weighted by Gasteiger charge is -2.28. The molecule has 15 heteroatoms. The monoisotopic (exact) mass is 648 g/mol. The summed E-state index contributed by atoms with van der Waals surface area (Å²) in [5.74, 6) is -11.0. The fourth-order valence-electron chi connectivity index (χ4n) is 4.11. The summed E-state index contributed by atoms with van der Waals surface area (Å²) in [4.78, 5) is 51.5. The second-order valence-electron chi connectivity index (χ2n) is 10.2. The Hall–Kier alpha value is -3.78. The molecule has 9 nitrogen and oxygen atoms in total. The summed E-state index contributed by atoms with van der Waals surface area (Å²) in [5, 5.41) is 6.33. The molecule has 0 aliphatic carbocycles. The Bertz CT molecular complexity index is 1310. The summed E-state index contributed by atoms with van der Waals surface area (Å²) < 4.78 is 74.9. The quantitative estimate of drug-likeness (QED) is 0.169. The summed E-state index contributed by atoms with van der Waals surface area (Å²) in [6.45, 7) is 2.78. The van der Waals surface area contributed by atoms with E-state index in [-0.39, 0.29) is 30.0 Å². The van der Waals surface area contributed by atoms with E-state index in [4.69, 9.17) is 22.1 Å². The van der Waals surface area contributed by atoms with Gasteiger partial charge in [0, 0.05) is 10.6 Å². The molecule has 3 amide bonds. The Morgan fingerprint density at radius 3 is 2.07 bits per heavy atom. The smallest absolute Gasteiger partial charge is 0.452 e. The van der Waals surface area contributed by atoms with Crippen molar-refractivity contribution < 1.29 is 45.9 Å². The second kappa shape index (κ2) is 15.8. The maximum atomic E-state index is 15.0. The number of nitrogens with one attached hydrogen (secondary N) is 3. The summed E-state index contributed by atoms with van der Waals surface area (Å²) in [6.07, 6.45) is -4.85. The van der Waals surface area contributed by atoms with Crippen LogP contribution in [0.2, 0.25) is 5.02 Å². The standard InChI is InChI=1S/C29H34ClF5N4O5/c1-16(2)22(24(40)29(33,34)35)38-26(42)23(17-10-12-20(44-3)13-11-17)39-25(41)21(9-4-5-14-36)37-27(43)28(31,32)18-7-6-8-19(30)15-18/h6-8,10-13,15-16,21-23H,4-5,9,14,36H2,1-3H3,(H,37,43)(H,38,42)(H,39,41). The van der Waals surface area contributed by atoms with Crippen molar-refractivity contribution in [2.75, 3.05) is 13.7 Å². The molecule has 44 heavy (non-hydrogen) atoms. The van der Waals surface area contributed by atoms with Crippen molar-refractivity contribution in [2.24, 2.45) is 11.7 Å². The number of hydrogen-bond donors (Lipinski definition) is 4. The van der Waals surface area contributed by atoms with Crippen LogP contribution in [-0.4, -0.2) is 55.4 Å². The average Bonchev–Trinajstić information content (AvgIpc) is 2.96. The minimum absolute atomic E-state index is 0.0516. The van der Waals surface area contributed by atoms with Crippen molar-refractivity contribution in [1.29, 1.82) is 0 Å². The molecule has 0 saturated carbocycles. The first-order chi connectivity index (χ1) is 20.5. The molecule has 0 aliphatic heterocycles. The van der Waals surface area contributed by atoms with E-state index in [9.17, 15) is 32.3 Å². The number of carbonyl (C=O) groups is 4. The molecule has 2 rings (SSSR count). The van der Waals surface area contributed by atoms with Gasteiger partial charge in [-0.25, -0.2) is 0 Å². The Kier molecular flexibility index (Phi) is 13.1. The van der Waals surface area contributed by atoms with Gasteiger partial charge in [-0.3, -0.25) is 19.2 Å². The van der Waals surface area contributed by atoms with Gasteiger partial charge in [0.2, 0.25) is 11.8 Å². The zero-order valence-corrected chi connectivity index (χ0v) is 24.9. The SMILES string of the molecule is COc1ccc(C(NC(=O)C(CCCCN)NC(=O)C(F)(F)c2cccc(Cl)c2)C(=O)NC(C(=O)C(F)(F)F)C(C)C)cc1. The largest absolute Gasteiger partial charge is 0.497 e. The first-order valence-corrected chi connectivity index (χ1v) is 13.9. The average molecular weight is 649 g/mol. The molecule has 0 saturated heterocycles. The molecule has 0 spiro atoms. The van der Waals surface area contributed by atoms with Gasteiger partial charge >= 0.3 is 12.1 Å². The number of amides is 3. The fraction of sp³-hybridized carbons (Fsp3) is 0.448. The number of benzene rings is 2. The van der Waals surface area contributed by atoms with E-state index in [0.29, 0.717) is 12.2 Å². The van der Waals surface area contributed by atoms with Gasteiger partial charge in [-0.2, -0.15) is 22.0 Å². The molecule has 0 aromatic heterocycles. The predicted molar refractivity (Wildman–Crippen MR) is 152 cm³/mol. The van der Waals surface area contributed by atoms with Crippen molar-refractivity contribution in [2.45, 2.75) is 63.3 Å². The van der Waals surface area contributed by atoms with Crippen molar-refractivity contribution >= 4 is 35.1 Å². The van der Waals surface area contributed by atoms with Crippen LogP contribution in [0.1, 0.15) is 50.3 Å². The van der Waals surface area contributed by atoms with Crippen LogP contribution >= 0.6 is 11.6 Å². The zero-order valence-electron chi connectivity index (χ0n) is 24.1. The number of halogens is 6. The molecule has 0 bridgehead atoms. The summed E-state index contributed by atoms with van der Waals surface area (Å²) in [6, 6.07) is 4.63. The third-order valence-electron chi connectivity index (χ3n) is 6.57. The second-order valence-corrected chi connectivity index (χ2v) is 10.6. The van der Waals surface area contributed by atoms with Crippen LogP contribution in [0.25, 0.3) is 0 Å². The maximum Gasteiger partial charge on any atom is 0.452 e. The molecule has 2 aromatic rings. The summed E-state index contributed by atoms with van der Waals surface area (Å²) in [5.41, 5.74) is 4.84. The fourth-order valence-corrected chi connectivity index (χ4v) is 4.30. The number of alkyl halides is 5. The number of unbranched alkanes of at least 4 members (excludes halogenated alkanes) is 1. The van der Waals surface area contributed by atoms with E-state index >= 15 is 8.78 Å². The molecular weight excluding hydrogens is 615 g/mol. The zero-order chi connectivity index (χ0) is 33.2. The summed E-state index contributed by atoms with van der Waals surface area (Å²) in [7, 11) is 1.37.